The Bertz CT molecular complexity index is 2280. The molecule has 1 aliphatic heterocycles. The Morgan fingerprint density at radius 3 is 2.67 bits per heavy atom. The number of methoxy groups -OCH3 is 1. The molecule has 45 heavy (non-hydrogen) atoms. The second-order valence-corrected chi connectivity index (χ2v) is 12.5. The van der Waals surface area contributed by atoms with Crippen molar-refractivity contribution in [2.45, 2.75) is 6.73 Å². The van der Waals surface area contributed by atoms with Crippen molar-refractivity contribution in [3.8, 4) is 45.6 Å². The van der Waals surface area contributed by atoms with Crippen LogP contribution in [0, 0.1) is 5.82 Å². The van der Waals surface area contributed by atoms with E-state index in [1.807, 2.05) is 12.1 Å². The molecule has 4 aromatic heterocycles. The molecule has 5 heterocycles. The molecule has 6 aromatic rings. The summed E-state index contributed by atoms with van der Waals surface area (Å²) in [5.41, 5.74) is 3.66. The lowest BCUT2D eigenvalue weighted by Gasteiger charge is -2.23. The molecule has 0 unspecified atom stereocenters. The first-order valence-corrected chi connectivity index (χ1v) is 15.6. The number of anilines is 1. The molecule has 1 amide bonds. The van der Waals surface area contributed by atoms with Crippen molar-refractivity contribution in [1.82, 2.24) is 19.9 Å². The largest absolute Gasteiger partial charge is 0.481 e. The normalized spacial score (nSPS) is 12.5. The molecule has 0 bridgehead atoms. The number of hydrogen-bond acceptors (Lipinski definition) is 8. The maximum absolute atomic E-state index is 14.8. The maximum Gasteiger partial charge on any atom is 0.255 e. The van der Waals surface area contributed by atoms with Gasteiger partial charge in [-0.05, 0) is 36.4 Å². The zero-order valence-electron chi connectivity index (χ0n) is 24.6. The number of sulfonamides is 1. The van der Waals surface area contributed by atoms with Gasteiger partial charge in [-0.15, -0.1) is 0 Å². The number of hydrogen-bond donors (Lipinski definition) is 1. The molecule has 0 radical (unpaired) electrons. The van der Waals surface area contributed by atoms with E-state index >= 15 is 0 Å². The summed E-state index contributed by atoms with van der Waals surface area (Å²) >= 11 is 0. The Hall–Kier alpha value is -5.43. The van der Waals surface area contributed by atoms with Gasteiger partial charge in [0, 0.05) is 54.3 Å². The summed E-state index contributed by atoms with van der Waals surface area (Å²) in [5, 5.41) is 3.80. The maximum atomic E-state index is 14.8. The third-order valence-electron chi connectivity index (χ3n) is 7.90. The average Bonchev–Trinajstić information content (AvgIpc) is 3.62. The molecule has 7 rings (SSSR count). The van der Waals surface area contributed by atoms with Gasteiger partial charge in [0.15, 0.2) is 6.73 Å². The average molecular weight is 628 g/mol. The molecule has 0 saturated heterocycles. The van der Waals surface area contributed by atoms with E-state index < -0.39 is 15.9 Å². The third-order valence-corrected chi connectivity index (χ3v) is 9.09. The molecule has 0 saturated carbocycles. The molecule has 13 heteroatoms. The predicted molar refractivity (Wildman–Crippen MR) is 167 cm³/mol. The van der Waals surface area contributed by atoms with E-state index in [1.54, 1.807) is 47.0 Å². The molecule has 1 aliphatic rings. The highest BCUT2D eigenvalue weighted by atomic mass is 32.2. The van der Waals surface area contributed by atoms with Crippen LogP contribution >= 0.6 is 0 Å². The summed E-state index contributed by atoms with van der Waals surface area (Å²) in [6.07, 6.45) is 2.62. The number of carbonyl (C=O) groups is 1. The first-order valence-electron chi connectivity index (χ1n) is 13.8. The van der Waals surface area contributed by atoms with Gasteiger partial charge in [0.2, 0.25) is 15.9 Å². The van der Waals surface area contributed by atoms with Crippen molar-refractivity contribution in [3.05, 3.63) is 78.2 Å². The van der Waals surface area contributed by atoms with Gasteiger partial charge in [-0.1, -0.05) is 12.1 Å². The highest BCUT2D eigenvalue weighted by Gasteiger charge is 2.28. The first-order chi connectivity index (χ1) is 21.6. The number of furan rings is 1. The van der Waals surface area contributed by atoms with E-state index in [9.17, 15) is 17.6 Å². The lowest BCUT2D eigenvalue weighted by atomic mass is 10.0. The first kappa shape index (κ1) is 28.3. The molecular formula is C32H26FN5O6S. The molecule has 2 aromatic carbocycles. The van der Waals surface area contributed by atoms with E-state index in [1.165, 1.54) is 33.5 Å². The topological polar surface area (TPSA) is 129 Å². The molecule has 0 fully saturated rings. The van der Waals surface area contributed by atoms with Crippen LogP contribution in [0.3, 0.4) is 0 Å². The predicted octanol–water partition coefficient (Wildman–Crippen LogP) is 5.43. The Morgan fingerprint density at radius 2 is 1.96 bits per heavy atom. The van der Waals surface area contributed by atoms with E-state index in [2.05, 4.69) is 10.3 Å². The SMILES string of the molecule is CNC(=O)c1c(-c2ccc(OC)nc2)oc2cc(N(C)S(C)(=O)=O)c(-c3ccc4c(n3)-c3cc5cccc(F)c5n3CO4)cc12. The van der Waals surface area contributed by atoms with Crippen LogP contribution in [-0.2, 0) is 16.8 Å². The number of benzene rings is 2. The number of para-hydroxylation sites is 1. The zero-order chi connectivity index (χ0) is 31.6. The Kier molecular flexibility index (Phi) is 6.51. The van der Waals surface area contributed by atoms with Gasteiger partial charge in [-0.25, -0.2) is 22.8 Å². The van der Waals surface area contributed by atoms with Crippen LogP contribution in [0.15, 0.2) is 71.3 Å². The minimum atomic E-state index is -3.74. The summed E-state index contributed by atoms with van der Waals surface area (Å²) in [7, 11) is 0.703. The number of fused-ring (bicyclic) bond motifs is 6. The van der Waals surface area contributed by atoms with Crippen LogP contribution in [0.5, 0.6) is 11.6 Å². The highest BCUT2D eigenvalue weighted by Crippen LogP contribution is 2.43. The number of aromatic nitrogens is 3. The van der Waals surface area contributed by atoms with Gasteiger partial charge in [-0.2, -0.15) is 0 Å². The van der Waals surface area contributed by atoms with Crippen LogP contribution in [0.1, 0.15) is 10.4 Å². The monoisotopic (exact) mass is 627 g/mol. The van der Waals surface area contributed by atoms with Crippen molar-refractivity contribution in [1.29, 1.82) is 0 Å². The third kappa shape index (κ3) is 4.54. The second kappa shape index (κ2) is 10.3. The summed E-state index contributed by atoms with van der Waals surface area (Å²) in [4.78, 5) is 22.4. The number of pyridine rings is 2. The number of nitrogens with one attached hydrogen (secondary N) is 1. The number of amides is 1. The van der Waals surface area contributed by atoms with Gasteiger partial charge in [0.25, 0.3) is 5.91 Å². The fourth-order valence-corrected chi connectivity index (χ4v) is 6.11. The molecular weight excluding hydrogens is 601 g/mol. The van der Waals surface area contributed by atoms with E-state index in [4.69, 9.17) is 18.9 Å². The minimum absolute atomic E-state index is 0.106. The number of ether oxygens (including phenoxy) is 2. The molecule has 11 nitrogen and oxygen atoms in total. The highest BCUT2D eigenvalue weighted by molar-refractivity contribution is 7.92. The molecule has 0 spiro atoms. The number of carbonyl (C=O) groups excluding carboxylic acids is 1. The van der Waals surface area contributed by atoms with Crippen LogP contribution in [0.4, 0.5) is 10.1 Å². The van der Waals surface area contributed by atoms with E-state index in [0.717, 1.165) is 10.6 Å². The van der Waals surface area contributed by atoms with Crippen molar-refractivity contribution < 1.29 is 31.5 Å². The zero-order valence-corrected chi connectivity index (χ0v) is 25.4. The number of nitrogens with zero attached hydrogens (tertiary/aromatic N) is 4. The van der Waals surface area contributed by atoms with Crippen LogP contribution in [0.2, 0.25) is 0 Å². The Balaban J connectivity index is 1.48. The number of halogens is 1. The molecule has 0 atom stereocenters. The quantitative estimate of drug-likeness (QED) is 0.259. The molecule has 1 N–H and O–H groups in total. The summed E-state index contributed by atoms with van der Waals surface area (Å²) in [6.45, 7) is 0.106. The van der Waals surface area contributed by atoms with Crippen molar-refractivity contribution in [3.63, 3.8) is 0 Å². The van der Waals surface area contributed by atoms with Gasteiger partial charge < -0.3 is 23.8 Å². The van der Waals surface area contributed by atoms with Gasteiger partial charge in [-0.3, -0.25) is 9.10 Å². The van der Waals surface area contributed by atoms with Crippen LogP contribution < -0.4 is 19.1 Å². The fourth-order valence-electron chi connectivity index (χ4n) is 5.61. The van der Waals surface area contributed by atoms with Crippen LogP contribution in [-0.4, -0.2) is 56.3 Å². The minimum Gasteiger partial charge on any atom is -0.481 e. The standard InChI is InChI=1S/C32H26FN5O6S/c1-34-32(39)28-20-13-19(22-9-10-25-29(36-22)24-12-17-6-5-7-21(33)30(17)38(24)16-43-25)23(37(2)45(4,40)41)14-26(20)44-31(28)18-8-11-27(42-3)35-15-18/h5-15H,16H2,1-4H3,(H,34,39). The van der Waals surface area contributed by atoms with Crippen molar-refractivity contribution >= 4 is 43.5 Å². The fraction of sp³-hybridized carbons (Fsp3) is 0.156. The van der Waals surface area contributed by atoms with E-state index in [-0.39, 0.29) is 35.1 Å². The Morgan fingerprint density at radius 1 is 1.13 bits per heavy atom. The Labute approximate surface area is 256 Å². The van der Waals surface area contributed by atoms with Crippen molar-refractivity contribution in [2.75, 3.05) is 31.8 Å². The van der Waals surface area contributed by atoms with E-state index in [0.29, 0.717) is 56.1 Å². The molecule has 0 aliphatic carbocycles. The van der Waals surface area contributed by atoms with Gasteiger partial charge in [0.05, 0.1) is 41.5 Å². The van der Waals surface area contributed by atoms with Crippen molar-refractivity contribution in [2.24, 2.45) is 0 Å². The van der Waals surface area contributed by atoms with Gasteiger partial charge >= 0.3 is 0 Å². The smallest absolute Gasteiger partial charge is 0.255 e. The van der Waals surface area contributed by atoms with Crippen LogP contribution in [0.25, 0.3) is 55.8 Å². The second-order valence-electron chi connectivity index (χ2n) is 10.5. The summed E-state index contributed by atoms with van der Waals surface area (Å²) in [5.74, 6) is 0.349. The lowest BCUT2D eigenvalue weighted by molar-refractivity contribution is 0.0964. The lowest BCUT2D eigenvalue weighted by Crippen LogP contribution is -2.25. The molecule has 228 valence electrons. The number of rotatable bonds is 6. The summed E-state index contributed by atoms with van der Waals surface area (Å²) in [6, 6.07) is 16.8. The summed E-state index contributed by atoms with van der Waals surface area (Å²) < 4.78 is 60.6. The van der Waals surface area contributed by atoms with Gasteiger partial charge in [0.1, 0.15) is 28.6 Å².